The topological polar surface area (TPSA) is 49.9 Å². The Morgan fingerprint density at radius 3 is 2.08 bits per heavy atom. The summed E-state index contributed by atoms with van der Waals surface area (Å²) in [6.07, 6.45) is -0.421. The Morgan fingerprint density at radius 1 is 1.04 bits per heavy atom. The van der Waals surface area contributed by atoms with Crippen LogP contribution >= 0.6 is 0 Å². The van der Waals surface area contributed by atoms with Crippen LogP contribution < -0.4 is 4.74 Å². The Balaban J connectivity index is 3.18. The van der Waals surface area contributed by atoms with Gasteiger partial charge in [-0.1, -0.05) is 19.9 Å². The summed E-state index contributed by atoms with van der Waals surface area (Å²) in [7, 11) is 0. The van der Waals surface area contributed by atoms with Gasteiger partial charge in [-0.25, -0.2) is 4.79 Å². The van der Waals surface area contributed by atoms with Crippen LogP contribution in [0.5, 0.6) is 5.75 Å². The quantitative estimate of drug-likeness (QED) is 0.671. The van der Waals surface area contributed by atoms with E-state index in [1.807, 2.05) is 26.0 Å². The lowest BCUT2D eigenvalue weighted by molar-refractivity contribution is 0.101. The monoisotopic (exact) mass is 334 g/mol. The number of ketones is 1. The van der Waals surface area contributed by atoms with Gasteiger partial charge in [0.1, 0.15) is 5.75 Å². The number of carbonyl (C=O) groups excluding carboxylic acids is 2. The number of amides is 1. The highest BCUT2D eigenvalue weighted by atomic mass is 16.6. The third-order valence-corrected chi connectivity index (χ3v) is 4.45. The maximum atomic E-state index is 12.3. The fourth-order valence-electron chi connectivity index (χ4n) is 2.80. The van der Waals surface area contributed by atoms with Crippen molar-refractivity contribution in [2.45, 2.75) is 47.6 Å². The van der Waals surface area contributed by atoms with Crippen molar-refractivity contribution in [1.29, 1.82) is 0 Å². The van der Waals surface area contributed by atoms with Gasteiger partial charge in [-0.3, -0.25) is 9.69 Å². The van der Waals surface area contributed by atoms with Crippen LogP contribution in [0, 0.1) is 0 Å². The van der Waals surface area contributed by atoms with E-state index in [-0.39, 0.29) is 11.8 Å². The summed E-state index contributed by atoms with van der Waals surface area (Å²) in [4.78, 5) is 28.0. The third kappa shape index (κ3) is 4.81. The Kier molecular flexibility index (Phi) is 7.92. The first kappa shape index (κ1) is 20.2. The molecular weight excluding hydrogens is 304 g/mol. The van der Waals surface area contributed by atoms with Crippen molar-refractivity contribution in [1.82, 2.24) is 9.80 Å². The highest BCUT2D eigenvalue weighted by Crippen LogP contribution is 2.28. The summed E-state index contributed by atoms with van der Waals surface area (Å²) in [6, 6.07) is 5.70. The van der Waals surface area contributed by atoms with Crippen LogP contribution in [0.3, 0.4) is 0 Å². The highest BCUT2D eigenvalue weighted by molar-refractivity contribution is 5.97. The van der Waals surface area contributed by atoms with E-state index in [9.17, 15) is 9.59 Å². The lowest BCUT2D eigenvalue weighted by Gasteiger charge is -2.27. The molecule has 0 radical (unpaired) electrons. The van der Waals surface area contributed by atoms with Crippen LogP contribution in [0.4, 0.5) is 4.79 Å². The number of carbonyl (C=O) groups is 2. The largest absolute Gasteiger partial charge is 0.415 e. The van der Waals surface area contributed by atoms with E-state index >= 15 is 0 Å². The molecule has 134 valence electrons. The molecule has 0 aliphatic rings. The zero-order chi connectivity index (χ0) is 18.3. The highest BCUT2D eigenvalue weighted by Gasteiger charge is 2.19. The average molecular weight is 334 g/mol. The molecule has 1 aromatic rings. The third-order valence-electron chi connectivity index (χ3n) is 4.45. The van der Waals surface area contributed by atoms with Crippen LogP contribution in [0.25, 0.3) is 0 Å². The molecule has 1 aromatic carbocycles. The number of benzene rings is 1. The molecule has 0 aliphatic heterocycles. The predicted molar refractivity (Wildman–Crippen MR) is 96.7 cm³/mol. The number of hydrogen-bond acceptors (Lipinski definition) is 4. The van der Waals surface area contributed by atoms with E-state index in [2.05, 4.69) is 25.7 Å². The first-order chi connectivity index (χ1) is 11.4. The molecule has 1 unspecified atom stereocenters. The Hall–Kier alpha value is -1.88. The molecule has 0 heterocycles. The molecule has 1 atom stereocenters. The molecule has 0 aliphatic carbocycles. The van der Waals surface area contributed by atoms with Gasteiger partial charge in [-0.05, 0) is 58.5 Å². The normalized spacial score (nSPS) is 12.1. The summed E-state index contributed by atoms with van der Waals surface area (Å²) >= 11 is 0. The van der Waals surface area contributed by atoms with E-state index in [4.69, 9.17) is 4.74 Å². The molecule has 0 N–H and O–H groups in total. The number of hydrogen-bond donors (Lipinski definition) is 0. The molecule has 1 amide bonds. The van der Waals surface area contributed by atoms with Crippen LogP contribution in [-0.4, -0.2) is 47.9 Å². The van der Waals surface area contributed by atoms with Gasteiger partial charge >= 0.3 is 6.09 Å². The summed E-state index contributed by atoms with van der Waals surface area (Å²) < 4.78 is 5.54. The van der Waals surface area contributed by atoms with E-state index < -0.39 is 6.09 Å². The van der Waals surface area contributed by atoms with Crippen LogP contribution in [0.1, 0.15) is 63.5 Å². The molecule has 24 heavy (non-hydrogen) atoms. The first-order valence-electron chi connectivity index (χ1n) is 8.75. The van der Waals surface area contributed by atoms with Crippen LogP contribution in [0.2, 0.25) is 0 Å². The van der Waals surface area contributed by atoms with E-state index in [1.54, 1.807) is 11.0 Å². The smallest absolute Gasteiger partial charge is 0.409 e. The predicted octanol–water partition coefficient (Wildman–Crippen LogP) is 4.13. The van der Waals surface area contributed by atoms with Gasteiger partial charge in [-0.15, -0.1) is 0 Å². The number of Topliss-reactive ketones (excluding diaryl/α,β-unsaturated/α-hetero) is 1. The Labute approximate surface area is 145 Å². The van der Waals surface area contributed by atoms with E-state index in [1.165, 1.54) is 6.92 Å². The van der Waals surface area contributed by atoms with Crippen LogP contribution in [-0.2, 0) is 0 Å². The average Bonchev–Trinajstić information content (AvgIpc) is 2.56. The Bertz CT molecular complexity index is 564. The van der Waals surface area contributed by atoms with Gasteiger partial charge in [0.25, 0.3) is 0 Å². The second-order valence-electron chi connectivity index (χ2n) is 5.75. The second kappa shape index (κ2) is 9.42. The fraction of sp³-hybridized carbons (Fsp3) is 0.579. The molecular formula is C19H30N2O3. The van der Waals surface area contributed by atoms with Crippen molar-refractivity contribution >= 4 is 11.9 Å². The number of ether oxygens (including phenoxy) is 1. The van der Waals surface area contributed by atoms with Crippen molar-refractivity contribution in [3.8, 4) is 5.75 Å². The van der Waals surface area contributed by atoms with Gasteiger partial charge in [0.15, 0.2) is 5.78 Å². The maximum absolute atomic E-state index is 12.3. The Morgan fingerprint density at radius 2 is 1.62 bits per heavy atom. The van der Waals surface area contributed by atoms with E-state index in [0.29, 0.717) is 24.4 Å². The molecule has 0 fully saturated rings. The minimum atomic E-state index is -0.421. The zero-order valence-electron chi connectivity index (χ0n) is 15.8. The number of rotatable bonds is 8. The van der Waals surface area contributed by atoms with Gasteiger partial charge < -0.3 is 9.64 Å². The second-order valence-corrected chi connectivity index (χ2v) is 5.75. The van der Waals surface area contributed by atoms with Crippen molar-refractivity contribution in [3.63, 3.8) is 0 Å². The van der Waals surface area contributed by atoms with Gasteiger partial charge in [0.2, 0.25) is 0 Å². The lowest BCUT2D eigenvalue weighted by Crippen LogP contribution is -2.33. The van der Waals surface area contributed by atoms with Crippen molar-refractivity contribution < 1.29 is 14.3 Å². The van der Waals surface area contributed by atoms with E-state index in [0.717, 1.165) is 18.7 Å². The van der Waals surface area contributed by atoms with Crippen molar-refractivity contribution in [2.75, 3.05) is 26.2 Å². The minimum Gasteiger partial charge on any atom is -0.409 e. The molecule has 1 rings (SSSR count). The molecule has 0 aromatic heterocycles. The molecule has 0 saturated carbocycles. The standard InChI is InChI=1S/C19H30N2O3/c1-7-20(8-2)14(5)16-11-12-17(15(6)22)18(13-16)24-19(23)21(9-3)10-4/h11-14H,7-10H2,1-6H3. The minimum absolute atomic E-state index is 0.112. The maximum Gasteiger partial charge on any atom is 0.415 e. The summed E-state index contributed by atoms with van der Waals surface area (Å²) in [5, 5.41) is 0. The van der Waals surface area contributed by atoms with Crippen LogP contribution in [0.15, 0.2) is 18.2 Å². The molecule has 0 bridgehead atoms. The summed E-state index contributed by atoms with van der Waals surface area (Å²) in [6.45, 7) is 14.6. The van der Waals surface area contributed by atoms with Gasteiger partial charge in [0.05, 0.1) is 5.56 Å². The summed E-state index contributed by atoms with van der Waals surface area (Å²) in [5.41, 5.74) is 1.47. The lowest BCUT2D eigenvalue weighted by atomic mass is 10.0. The SMILES string of the molecule is CCN(CC)C(=O)Oc1cc(C(C)N(CC)CC)ccc1C(C)=O. The van der Waals surface area contributed by atoms with Crippen molar-refractivity contribution in [3.05, 3.63) is 29.3 Å². The summed E-state index contributed by atoms with van der Waals surface area (Å²) in [5.74, 6) is 0.232. The van der Waals surface area contributed by atoms with Gasteiger partial charge in [0, 0.05) is 19.1 Å². The van der Waals surface area contributed by atoms with Gasteiger partial charge in [-0.2, -0.15) is 0 Å². The molecule has 5 heteroatoms. The zero-order valence-corrected chi connectivity index (χ0v) is 15.8. The fourth-order valence-corrected chi connectivity index (χ4v) is 2.80. The first-order valence-corrected chi connectivity index (χ1v) is 8.75. The molecule has 0 spiro atoms. The van der Waals surface area contributed by atoms with Crippen molar-refractivity contribution in [2.24, 2.45) is 0 Å². The molecule has 5 nitrogen and oxygen atoms in total. The number of nitrogens with zero attached hydrogens (tertiary/aromatic N) is 2. The molecule has 0 saturated heterocycles.